The fourth-order valence-corrected chi connectivity index (χ4v) is 3.80. The van der Waals surface area contributed by atoms with E-state index < -0.39 is 0 Å². The molecule has 0 saturated carbocycles. The molecule has 3 rings (SSSR count). The van der Waals surface area contributed by atoms with E-state index in [4.69, 9.17) is 0 Å². The van der Waals surface area contributed by atoms with Gasteiger partial charge in [-0.3, -0.25) is 0 Å². The summed E-state index contributed by atoms with van der Waals surface area (Å²) in [5.41, 5.74) is 5.45. The van der Waals surface area contributed by atoms with Crippen molar-refractivity contribution in [2.75, 3.05) is 13.1 Å². The summed E-state index contributed by atoms with van der Waals surface area (Å²) in [6, 6.07) is 8.84. The molecule has 0 unspecified atom stereocenters. The summed E-state index contributed by atoms with van der Waals surface area (Å²) in [5, 5.41) is 4.90. The largest absolute Gasteiger partial charge is 0.343 e. The molecule has 2 aromatic rings. The number of nitrogens with zero attached hydrogens (tertiary/aromatic N) is 1. The third-order valence-electron chi connectivity index (χ3n) is 5.30. The number of rotatable bonds is 6. The van der Waals surface area contributed by atoms with Gasteiger partial charge in [-0.15, -0.1) is 0 Å². The van der Waals surface area contributed by atoms with Crippen LogP contribution in [0.3, 0.4) is 0 Å². The molecule has 0 radical (unpaired) electrons. The Labute approximate surface area is 151 Å². The number of aromatic nitrogens is 1. The zero-order valence-corrected chi connectivity index (χ0v) is 15.6. The Morgan fingerprint density at radius 3 is 2.76 bits per heavy atom. The Kier molecular flexibility index (Phi) is 5.93. The van der Waals surface area contributed by atoms with Gasteiger partial charge in [-0.05, 0) is 68.0 Å². The summed E-state index contributed by atoms with van der Waals surface area (Å²) in [6.45, 7) is 11.5. The van der Waals surface area contributed by atoms with Crippen LogP contribution < -0.4 is 5.32 Å². The standard InChI is InChI=1S/C23H30N2/c1-4-6-9-18(3)19(5-2)16-25-17-22(20-12-14-24-15-13-20)21-10-7-8-11-23(21)25/h5-11,17,20,24H,2,4,12-16H2,1,3H3/b9-6-,19-18+. The van der Waals surface area contributed by atoms with E-state index in [1.54, 1.807) is 0 Å². The molecule has 25 heavy (non-hydrogen) atoms. The molecule has 132 valence electrons. The minimum Gasteiger partial charge on any atom is -0.343 e. The second-order valence-electron chi connectivity index (χ2n) is 6.98. The molecular weight excluding hydrogens is 304 g/mol. The van der Waals surface area contributed by atoms with E-state index in [1.807, 2.05) is 6.08 Å². The van der Waals surface area contributed by atoms with Gasteiger partial charge in [0.05, 0.1) is 0 Å². The van der Waals surface area contributed by atoms with Gasteiger partial charge in [-0.2, -0.15) is 0 Å². The first kappa shape index (κ1) is 17.8. The molecule has 1 aromatic carbocycles. The van der Waals surface area contributed by atoms with Gasteiger partial charge in [-0.1, -0.05) is 49.9 Å². The van der Waals surface area contributed by atoms with Gasteiger partial charge in [0.2, 0.25) is 0 Å². The van der Waals surface area contributed by atoms with E-state index in [2.05, 4.69) is 72.9 Å². The van der Waals surface area contributed by atoms with Gasteiger partial charge in [0.15, 0.2) is 0 Å². The highest BCUT2D eigenvalue weighted by Crippen LogP contribution is 2.33. The Bertz CT molecular complexity index is 786. The lowest BCUT2D eigenvalue weighted by Crippen LogP contribution is -2.26. The monoisotopic (exact) mass is 334 g/mol. The molecule has 0 atom stereocenters. The molecule has 0 amide bonds. The molecule has 2 heteroatoms. The van der Waals surface area contributed by atoms with E-state index in [9.17, 15) is 0 Å². The molecule has 1 aromatic heterocycles. The number of hydrogen-bond donors (Lipinski definition) is 1. The van der Waals surface area contributed by atoms with Crippen LogP contribution >= 0.6 is 0 Å². The molecule has 1 aliphatic rings. The highest BCUT2D eigenvalue weighted by molar-refractivity contribution is 5.84. The minimum absolute atomic E-state index is 0.671. The molecular formula is C23H30N2. The molecule has 1 aliphatic heterocycles. The molecule has 0 spiro atoms. The van der Waals surface area contributed by atoms with Crippen molar-refractivity contribution in [1.82, 2.24) is 9.88 Å². The molecule has 2 nitrogen and oxygen atoms in total. The number of para-hydroxylation sites is 1. The maximum Gasteiger partial charge on any atom is 0.0486 e. The van der Waals surface area contributed by atoms with Crippen LogP contribution in [-0.4, -0.2) is 17.7 Å². The first-order chi connectivity index (χ1) is 12.2. The van der Waals surface area contributed by atoms with Crippen LogP contribution in [0.1, 0.15) is 44.6 Å². The summed E-state index contributed by atoms with van der Waals surface area (Å²) in [5.74, 6) is 0.671. The first-order valence-corrected chi connectivity index (χ1v) is 9.51. The predicted molar refractivity (Wildman–Crippen MR) is 109 cm³/mol. The third kappa shape index (κ3) is 3.96. The normalized spacial score (nSPS) is 17.2. The Hall–Kier alpha value is -2.06. The highest BCUT2D eigenvalue weighted by atomic mass is 15.0. The smallest absolute Gasteiger partial charge is 0.0486 e. The van der Waals surface area contributed by atoms with Gasteiger partial charge >= 0.3 is 0 Å². The Morgan fingerprint density at radius 2 is 2.04 bits per heavy atom. The van der Waals surface area contributed by atoms with Crippen LogP contribution in [0.2, 0.25) is 0 Å². The van der Waals surface area contributed by atoms with Crippen molar-refractivity contribution in [2.24, 2.45) is 0 Å². The second kappa shape index (κ2) is 8.35. The minimum atomic E-state index is 0.671. The molecule has 2 heterocycles. The zero-order chi connectivity index (χ0) is 17.6. The van der Waals surface area contributed by atoms with Gasteiger partial charge < -0.3 is 9.88 Å². The van der Waals surface area contributed by atoms with Crippen molar-refractivity contribution in [2.45, 2.75) is 45.6 Å². The van der Waals surface area contributed by atoms with Crippen molar-refractivity contribution in [3.8, 4) is 0 Å². The number of benzene rings is 1. The number of piperidine rings is 1. The van der Waals surface area contributed by atoms with Gasteiger partial charge in [0, 0.05) is 23.6 Å². The van der Waals surface area contributed by atoms with Crippen LogP contribution in [-0.2, 0) is 6.54 Å². The van der Waals surface area contributed by atoms with E-state index >= 15 is 0 Å². The van der Waals surface area contributed by atoms with Crippen molar-refractivity contribution in [3.05, 3.63) is 72.0 Å². The SMILES string of the molecule is C=C/C(Cn1cc(C2CCNCC2)c2ccccc21)=C(C)\C=C/CC. The first-order valence-electron chi connectivity index (χ1n) is 9.51. The summed E-state index contributed by atoms with van der Waals surface area (Å²) < 4.78 is 2.41. The van der Waals surface area contributed by atoms with E-state index in [0.717, 1.165) is 26.1 Å². The molecule has 1 fully saturated rings. The van der Waals surface area contributed by atoms with E-state index in [-0.39, 0.29) is 0 Å². The second-order valence-corrected chi connectivity index (χ2v) is 6.98. The average molecular weight is 335 g/mol. The molecule has 1 N–H and O–H groups in total. The maximum atomic E-state index is 4.05. The highest BCUT2D eigenvalue weighted by Gasteiger charge is 2.20. The summed E-state index contributed by atoms with van der Waals surface area (Å²) in [6.07, 6.45) is 12.4. The van der Waals surface area contributed by atoms with Crippen LogP contribution in [0, 0.1) is 0 Å². The Morgan fingerprint density at radius 1 is 1.28 bits per heavy atom. The fraction of sp³-hybridized carbons (Fsp3) is 0.391. The van der Waals surface area contributed by atoms with E-state index in [0.29, 0.717) is 5.92 Å². The van der Waals surface area contributed by atoms with Crippen LogP contribution in [0.25, 0.3) is 10.9 Å². The summed E-state index contributed by atoms with van der Waals surface area (Å²) in [4.78, 5) is 0. The maximum absolute atomic E-state index is 4.05. The zero-order valence-electron chi connectivity index (χ0n) is 15.6. The van der Waals surface area contributed by atoms with Crippen LogP contribution in [0.5, 0.6) is 0 Å². The summed E-state index contributed by atoms with van der Waals surface area (Å²) >= 11 is 0. The van der Waals surface area contributed by atoms with E-state index in [1.165, 1.54) is 40.5 Å². The van der Waals surface area contributed by atoms with Crippen molar-refractivity contribution in [1.29, 1.82) is 0 Å². The van der Waals surface area contributed by atoms with Crippen molar-refractivity contribution < 1.29 is 0 Å². The average Bonchev–Trinajstić information content (AvgIpc) is 3.03. The number of allylic oxidation sites excluding steroid dienone is 5. The predicted octanol–water partition coefficient (Wildman–Crippen LogP) is 5.58. The third-order valence-corrected chi connectivity index (χ3v) is 5.30. The molecule has 0 bridgehead atoms. The fourth-order valence-electron chi connectivity index (χ4n) is 3.80. The number of fused-ring (bicyclic) bond motifs is 1. The lowest BCUT2D eigenvalue weighted by Gasteiger charge is -2.22. The van der Waals surface area contributed by atoms with Gasteiger partial charge in [0.25, 0.3) is 0 Å². The number of hydrogen-bond acceptors (Lipinski definition) is 1. The molecule has 1 saturated heterocycles. The van der Waals surface area contributed by atoms with Gasteiger partial charge in [0.1, 0.15) is 0 Å². The summed E-state index contributed by atoms with van der Waals surface area (Å²) in [7, 11) is 0. The van der Waals surface area contributed by atoms with Crippen molar-refractivity contribution in [3.63, 3.8) is 0 Å². The topological polar surface area (TPSA) is 17.0 Å². The lowest BCUT2D eigenvalue weighted by molar-refractivity contribution is 0.461. The van der Waals surface area contributed by atoms with Crippen molar-refractivity contribution >= 4 is 10.9 Å². The number of nitrogens with one attached hydrogen (secondary N) is 1. The quantitative estimate of drug-likeness (QED) is 0.683. The Balaban J connectivity index is 1.99. The molecule has 0 aliphatic carbocycles. The lowest BCUT2D eigenvalue weighted by atomic mass is 9.90. The van der Waals surface area contributed by atoms with Crippen LogP contribution in [0.15, 0.2) is 66.4 Å². The van der Waals surface area contributed by atoms with Crippen LogP contribution in [0.4, 0.5) is 0 Å². The van der Waals surface area contributed by atoms with Gasteiger partial charge in [-0.25, -0.2) is 0 Å².